The fourth-order valence-electron chi connectivity index (χ4n) is 2.25. The van der Waals surface area contributed by atoms with Gasteiger partial charge < -0.3 is 5.32 Å². The van der Waals surface area contributed by atoms with Gasteiger partial charge in [-0.25, -0.2) is 0 Å². The Balaban J connectivity index is 1.98. The number of hydrogen-bond acceptors (Lipinski definition) is 3. The van der Waals surface area contributed by atoms with Crippen LogP contribution >= 0.6 is 11.3 Å². The lowest BCUT2D eigenvalue weighted by Crippen LogP contribution is -2.24. The largest absolute Gasteiger partial charge is 0.303 e. The second kappa shape index (κ2) is 7.04. The molecule has 0 radical (unpaired) electrons. The molecule has 2 rings (SSSR count). The zero-order valence-corrected chi connectivity index (χ0v) is 13.7. The van der Waals surface area contributed by atoms with Gasteiger partial charge >= 0.3 is 0 Å². The fraction of sp³-hybridized carbons (Fsp3) is 0.562. The predicted molar refractivity (Wildman–Crippen MR) is 86.0 cm³/mol. The number of aromatic nitrogens is 2. The Morgan fingerprint density at radius 2 is 2.10 bits per heavy atom. The van der Waals surface area contributed by atoms with Gasteiger partial charge in [-0.1, -0.05) is 26.8 Å². The van der Waals surface area contributed by atoms with Crippen LogP contribution in [0.4, 0.5) is 0 Å². The summed E-state index contributed by atoms with van der Waals surface area (Å²) in [6, 6.07) is 7.32. The molecule has 2 unspecified atom stereocenters. The third-order valence-electron chi connectivity index (χ3n) is 3.73. The Hall–Kier alpha value is -1.13. The van der Waals surface area contributed by atoms with E-state index in [1.54, 1.807) is 0 Å². The number of hydrogen-bond donors (Lipinski definition) is 1. The molecule has 0 aliphatic rings. The van der Waals surface area contributed by atoms with Crippen molar-refractivity contribution < 1.29 is 0 Å². The van der Waals surface area contributed by atoms with Crippen molar-refractivity contribution in [3.05, 3.63) is 40.3 Å². The lowest BCUT2D eigenvalue weighted by Gasteiger charge is -2.20. The average Bonchev–Trinajstić information content (AvgIpc) is 3.09. The maximum Gasteiger partial charge on any atom is 0.0762 e. The summed E-state index contributed by atoms with van der Waals surface area (Å²) in [5.41, 5.74) is 1.12. The van der Waals surface area contributed by atoms with Gasteiger partial charge in [-0.3, -0.25) is 4.68 Å². The third-order valence-corrected chi connectivity index (χ3v) is 4.68. The van der Waals surface area contributed by atoms with Crippen LogP contribution in [0.3, 0.4) is 0 Å². The second-order valence-electron chi connectivity index (χ2n) is 5.66. The van der Waals surface area contributed by atoms with Gasteiger partial charge in [-0.05, 0) is 36.8 Å². The lowest BCUT2D eigenvalue weighted by atomic mass is 10.0. The minimum Gasteiger partial charge on any atom is -0.303 e. The van der Waals surface area contributed by atoms with E-state index >= 15 is 0 Å². The Morgan fingerprint density at radius 1 is 1.30 bits per heavy atom. The summed E-state index contributed by atoms with van der Waals surface area (Å²) in [6.45, 7) is 9.73. The molecular weight excluding hydrogens is 266 g/mol. The molecule has 2 aromatic heterocycles. The van der Waals surface area contributed by atoms with Crippen LogP contribution in [-0.2, 0) is 6.54 Å². The van der Waals surface area contributed by atoms with Gasteiger partial charge in [0.2, 0.25) is 0 Å². The first kappa shape index (κ1) is 15.3. The van der Waals surface area contributed by atoms with Crippen molar-refractivity contribution in [3.63, 3.8) is 0 Å². The van der Waals surface area contributed by atoms with E-state index in [1.165, 1.54) is 4.88 Å². The first-order valence-electron chi connectivity index (χ1n) is 7.42. The molecule has 0 saturated heterocycles. The molecule has 2 aromatic rings. The van der Waals surface area contributed by atoms with Crippen molar-refractivity contribution in [1.29, 1.82) is 0 Å². The van der Waals surface area contributed by atoms with Gasteiger partial charge in [0, 0.05) is 29.7 Å². The van der Waals surface area contributed by atoms with Crippen molar-refractivity contribution in [3.8, 4) is 0 Å². The van der Waals surface area contributed by atoms with Crippen molar-refractivity contribution in [2.75, 3.05) is 0 Å². The third kappa shape index (κ3) is 3.70. The van der Waals surface area contributed by atoms with Gasteiger partial charge in [-0.2, -0.15) is 5.10 Å². The first-order chi connectivity index (χ1) is 9.61. The van der Waals surface area contributed by atoms with Crippen LogP contribution in [-0.4, -0.2) is 9.78 Å². The van der Waals surface area contributed by atoms with Crippen LogP contribution in [0, 0.1) is 5.92 Å². The highest BCUT2D eigenvalue weighted by atomic mass is 32.1. The molecule has 20 heavy (non-hydrogen) atoms. The maximum absolute atomic E-state index is 4.65. The Morgan fingerprint density at radius 3 is 2.70 bits per heavy atom. The molecule has 110 valence electrons. The monoisotopic (exact) mass is 291 g/mol. The van der Waals surface area contributed by atoms with Crippen molar-refractivity contribution in [2.45, 2.75) is 52.7 Å². The highest BCUT2D eigenvalue weighted by Crippen LogP contribution is 2.26. The van der Waals surface area contributed by atoms with E-state index in [0.717, 1.165) is 18.7 Å². The van der Waals surface area contributed by atoms with Crippen molar-refractivity contribution >= 4 is 11.3 Å². The van der Waals surface area contributed by atoms with E-state index in [4.69, 9.17) is 0 Å². The molecule has 2 heterocycles. The zero-order chi connectivity index (χ0) is 14.5. The minimum absolute atomic E-state index is 0.406. The minimum atomic E-state index is 0.406. The summed E-state index contributed by atoms with van der Waals surface area (Å²) in [6.07, 6.45) is 3.19. The van der Waals surface area contributed by atoms with Gasteiger partial charge in [-0.15, -0.1) is 11.3 Å². The summed E-state index contributed by atoms with van der Waals surface area (Å²) in [7, 11) is 0. The van der Waals surface area contributed by atoms with Crippen LogP contribution in [0.5, 0.6) is 0 Å². The number of rotatable bonds is 7. The van der Waals surface area contributed by atoms with E-state index in [0.29, 0.717) is 18.0 Å². The van der Waals surface area contributed by atoms with Crippen molar-refractivity contribution in [1.82, 2.24) is 15.1 Å². The summed E-state index contributed by atoms with van der Waals surface area (Å²) in [5.74, 6) is 0.574. The first-order valence-corrected chi connectivity index (χ1v) is 8.30. The second-order valence-corrected chi connectivity index (χ2v) is 6.64. The molecule has 0 bridgehead atoms. The molecule has 0 aliphatic carbocycles. The predicted octanol–water partition coefficient (Wildman–Crippen LogP) is 4.40. The Bertz CT molecular complexity index is 502. The van der Waals surface area contributed by atoms with Gasteiger partial charge in [0.25, 0.3) is 0 Å². The summed E-state index contributed by atoms with van der Waals surface area (Å²) in [5, 5.41) is 10.4. The number of nitrogens with zero attached hydrogens (tertiary/aromatic N) is 2. The summed E-state index contributed by atoms with van der Waals surface area (Å²) < 4.78 is 2.06. The average molecular weight is 291 g/mol. The highest BCUT2D eigenvalue weighted by molar-refractivity contribution is 7.10. The van der Waals surface area contributed by atoms with Crippen LogP contribution in [0.25, 0.3) is 0 Å². The zero-order valence-electron chi connectivity index (χ0n) is 12.8. The fourth-order valence-corrected chi connectivity index (χ4v) is 3.23. The molecule has 0 aromatic carbocycles. The highest BCUT2D eigenvalue weighted by Gasteiger charge is 2.16. The van der Waals surface area contributed by atoms with Gasteiger partial charge in [0.05, 0.1) is 5.69 Å². The van der Waals surface area contributed by atoms with Gasteiger partial charge in [0.1, 0.15) is 0 Å². The van der Waals surface area contributed by atoms with E-state index in [-0.39, 0.29) is 0 Å². The van der Waals surface area contributed by atoms with Crippen LogP contribution < -0.4 is 5.32 Å². The molecule has 1 N–H and O–H groups in total. The lowest BCUT2D eigenvalue weighted by molar-refractivity contribution is 0.409. The number of nitrogens with one attached hydrogen (secondary N) is 1. The summed E-state index contributed by atoms with van der Waals surface area (Å²) >= 11 is 1.82. The molecule has 0 saturated carbocycles. The standard InChI is InChI=1S/C16H25N3S/c1-5-13(4)19-9-8-14(18-19)11-17-16(12(2)3)15-7-6-10-20-15/h6-10,12-13,16-17H,5,11H2,1-4H3. The van der Waals surface area contributed by atoms with E-state index in [9.17, 15) is 0 Å². The SMILES string of the molecule is CCC(C)n1ccc(CNC(c2cccs2)C(C)C)n1. The summed E-state index contributed by atoms with van der Waals surface area (Å²) in [4.78, 5) is 1.40. The van der Waals surface area contributed by atoms with E-state index < -0.39 is 0 Å². The molecule has 0 aliphatic heterocycles. The molecule has 0 amide bonds. The molecule has 2 atom stereocenters. The van der Waals surface area contributed by atoms with Crippen LogP contribution in [0.2, 0.25) is 0 Å². The molecule has 3 nitrogen and oxygen atoms in total. The quantitative estimate of drug-likeness (QED) is 0.819. The van der Waals surface area contributed by atoms with Crippen LogP contribution in [0.15, 0.2) is 29.8 Å². The molecular formula is C16H25N3S. The number of thiophene rings is 1. The van der Waals surface area contributed by atoms with Crippen molar-refractivity contribution in [2.24, 2.45) is 5.92 Å². The van der Waals surface area contributed by atoms with Gasteiger partial charge in [0.15, 0.2) is 0 Å². The molecule has 4 heteroatoms. The van der Waals surface area contributed by atoms with Crippen LogP contribution in [0.1, 0.15) is 56.8 Å². The Kier molecular flexibility index (Phi) is 5.38. The molecule has 0 spiro atoms. The topological polar surface area (TPSA) is 29.9 Å². The smallest absolute Gasteiger partial charge is 0.0762 e. The normalized spacial score (nSPS) is 14.7. The molecule has 0 fully saturated rings. The Labute approximate surface area is 126 Å². The maximum atomic E-state index is 4.65. The van der Waals surface area contributed by atoms with E-state index in [2.05, 4.69) is 72.6 Å². The van der Waals surface area contributed by atoms with E-state index in [1.807, 2.05) is 11.3 Å².